The summed E-state index contributed by atoms with van der Waals surface area (Å²) in [5, 5.41) is 0. The number of fused-ring (bicyclic) bond motifs is 1. The lowest BCUT2D eigenvalue weighted by Gasteiger charge is -2.10. The van der Waals surface area contributed by atoms with Crippen molar-refractivity contribution < 1.29 is 0 Å². The van der Waals surface area contributed by atoms with E-state index in [2.05, 4.69) is 11.1 Å². The molecule has 0 saturated heterocycles. The number of nitrogens with two attached hydrogens (primary N) is 1. The van der Waals surface area contributed by atoms with Crippen LogP contribution in [0.25, 0.3) is 0 Å². The number of nitrogens with zero attached hydrogens (tertiary/aromatic N) is 2. The number of rotatable bonds is 0. The first-order chi connectivity index (χ1) is 5.86. The molecule has 0 aromatic carbocycles. The van der Waals surface area contributed by atoms with Gasteiger partial charge in [-0.15, -0.1) is 0 Å². The van der Waals surface area contributed by atoms with Crippen LogP contribution >= 0.6 is 0 Å². The van der Waals surface area contributed by atoms with E-state index in [9.17, 15) is 0 Å². The molecule has 1 heterocycles. The number of hydrogen-bond donors (Lipinski definition) is 1. The van der Waals surface area contributed by atoms with Crippen molar-refractivity contribution in [2.24, 2.45) is 10.7 Å². The molecule has 2 aliphatic rings. The molecule has 0 saturated carbocycles. The van der Waals surface area contributed by atoms with Gasteiger partial charge in [-0.2, -0.15) is 0 Å². The van der Waals surface area contributed by atoms with Gasteiger partial charge in [0, 0.05) is 24.5 Å². The maximum Gasteiger partial charge on any atom is 0.0666 e. The Morgan fingerprint density at radius 3 is 2.85 bits per heavy atom. The molecule has 65 valence electrons. The summed E-state index contributed by atoms with van der Waals surface area (Å²) in [7, 11) is 0. The Balaban J connectivity index is 0.000000845. The van der Waals surface area contributed by atoms with Crippen LogP contribution in [0.15, 0.2) is 52.3 Å². The van der Waals surface area contributed by atoms with Crippen LogP contribution in [0.1, 0.15) is 6.42 Å². The van der Waals surface area contributed by atoms with Gasteiger partial charge in [-0.05, 0) is 23.8 Å². The fraction of sp³-hybridized carbons (Fsp3) is 0.100. The van der Waals surface area contributed by atoms with Gasteiger partial charge in [0.25, 0.3) is 0 Å². The number of aliphatic imine (C=N–C) groups is 1. The highest BCUT2D eigenvalue weighted by Gasteiger charge is 2.08. The molecule has 3 heteroatoms. The molecule has 13 heavy (non-hydrogen) atoms. The van der Waals surface area contributed by atoms with E-state index in [1.54, 1.807) is 6.21 Å². The van der Waals surface area contributed by atoms with Crippen molar-refractivity contribution in [2.45, 2.75) is 6.42 Å². The van der Waals surface area contributed by atoms with Crippen LogP contribution in [0.4, 0.5) is 0 Å². The fourth-order valence-electron chi connectivity index (χ4n) is 1.28. The molecule has 3 nitrogen and oxygen atoms in total. The SMILES string of the molecule is NC1=CC=C2N=CC=CC=C2C1.[N]. The average Bonchev–Trinajstić information content (AvgIpc) is 2.28. The van der Waals surface area contributed by atoms with Crippen LogP contribution in [0.5, 0.6) is 0 Å². The second kappa shape index (κ2) is 3.87. The first kappa shape index (κ1) is 9.48. The van der Waals surface area contributed by atoms with Crippen LogP contribution in [0.2, 0.25) is 0 Å². The summed E-state index contributed by atoms with van der Waals surface area (Å²) >= 11 is 0. The van der Waals surface area contributed by atoms with E-state index in [1.807, 2.05) is 24.3 Å². The van der Waals surface area contributed by atoms with E-state index in [1.165, 1.54) is 5.57 Å². The van der Waals surface area contributed by atoms with Gasteiger partial charge in [-0.25, -0.2) is 0 Å². The number of allylic oxidation sites excluding steroid dienone is 7. The quantitative estimate of drug-likeness (QED) is 0.586. The fourth-order valence-corrected chi connectivity index (χ4v) is 1.28. The number of hydrogen-bond acceptors (Lipinski definition) is 2. The summed E-state index contributed by atoms with van der Waals surface area (Å²) in [4.78, 5) is 4.26. The van der Waals surface area contributed by atoms with Gasteiger partial charge in [0.2, 0.25) is 0 Å². The molecule has 1 aliphatic carbocycles. The third-order valence-corrected chi connectivity index (χ3v) is 1.89. The molecule has 3 radical (unpaired) electrons. The normalized spacial score (nSPS) is 18.9. The van der Waals surface area contributed by atoms with Crippen LogP contribution in [0, 0.1) is 0 Å². The highest BCUT2D eigenvalue weighted by Crippen LogP contribution is 2.23. The molecule has 0 bridgehead atoms. The Hall–Kier alpha value is -1.61. The molecule has 0 atom stereocenters. The zero-order chi connectivity index (χ0) is 8.39. The van der Waals surface area contributed by atoms with Crippen LogP contribution in [0.3, 0.4) is 0 Å². The highest BCUT2D eigenvalue weighted by atomic mass is 14.7. The Kier molecular flexibility index (Phi) is 2.82. The van der Waals surface area contributed by atoms with Crippen LogP contribution in [-0.2, 0) is 0 Å². The molecular formula is C10H10N3. The first-order valence-corrected chi connectivity index (χ1v) is 3.93. The Bertz CT molecular complexity index is 343. The third kappa shape index (κ3) is 1.95. The largest absolute Gasteiger partial charge is 0.402 e. The van der Waals surface area contributed by atoms with Gasteiger partial charge in [-0.1, -0.05) is 12.2 Å². The molecule has 1 aliphatic heterocycles. The van der Waals surface area contributed by atoms with Gasteiger partial charge in [0.1, 0.15) is 0 Å². The van der Waals surface area contributed by atoms with E-state index in [-0.39, 0.29) is 6.15 Å². The minimum Gasteiger partial charge on any atom is -0.402 e. The van der Waals surface area contributed by atoms with Crippen molar-refractivity contribution in [1.29, 1.82) is 0 Å². The summed E-state index contributed by atoms with van der Waals surface area (Å²) in [5.41, 5.74) is 8.81. The molecule has 0 amide bonds. The van der Waals surface area contributed by atoms with E-state index in [4.69, 9.17) is 5.73 Å². The minimum atomic E-state index is 0. The lowest BCUT2D eigenvalue weighted by atomic mass is 10.0. The Morgan fingerprint density at radius 1 is 1.15 bits per heavy atom. The summed E-state index contributed by atoms with van der Waals surface area (Å²) in [6.07, 6.45) is 12.4. The zero-order valence-electron chi connectivity index (χ0n) is 7.14. The maximum absolute atomic E-state index is 5.69. The van der Waals surface area contributed by atoms with Crippen LogP contribution < -0.4 is 11.9 Å². The lowest BCUT2D eigenvalue weighted by Crippen LogP contribution is -2.03. The van der Waals surface area contributed by atoms with Crippen molar-refractivity contribution in [1.82, 2.24) is 6.15 Å². The van der Waals surface area contributed by atoms with Gasteiger partial charge >= 0.3 is 0 Å². The molecule has 0 fully saturated rings. The molecule has 0 unspecified atom stereocenters. The second-order valence-corrected chi connectivity index (χ2v) is 2.83. The summed E-state index contributed by atoms with van der Waals surface area (Å²) in [6, 6.07) is 0. The van der Waals surface area contributed by atoms with Gasteiger partial charge < -0.3 is 5.73 Å². The predicted molar refractivity (Wildman–Crippen MR) is 52.8 cm³/mol. The predicted octanol–water partition coefficient (Wildman–Crippen LogP) is 1.20. The topological polar surface area (TPSA) is 68.9 Å². The molecule has 2 rings (SSSR count). The van der Waals surface area contributed by atoms with Gasteiger partial charge in [-0.3, -0.25) is 4.99 Å². The first-order valence-electron chi connectivity index (χ1n) is 3.93. The Morgan fingerprint density at radius 2 is 2.00 bits per heavy atom. The summed E-state index contributed by atoms with van der Waals surface area (Å²) in [5.74, 6) is 0. The summed E-state index contributed by atoms with van der Waals surface area (Å²) < 4.78 is 0. The van der Waals surface area contributed by atoms with Crippen molar-refractivity contribution >= 4 is 6.21 Å². The van der Waals surface area contributed by atoms with Crippen molar-refractivity contribution in [3.63, 3.8) is 0 Å². The monoisotopic (exact) mass is 172 g/mol. The van der Waals surface area contributed by atoms with Gasteiger partial charge in [0.05, 0.1) is 5.70 Å². The van der Waals surface area contributed by atoms with Gasteiger partial charge in [0.15, 0.2) is 0 Å². The average molecular weight is 172 g/mol. The molecule has 0 aromatic heterocycles. The highest BCUT2D eigenvalue weighted by molar-refractivity contribution is 5.75. The summed E-state index contributed by atoms with van der Waals surface area (Å²) in [6.45, 7) is 0. The van der Waals surface area contributed by atoms with E-state index in [0.717, 1.165) is 17.8 Å². The Labute approximate surface area is 77.6 Å². The molecule has 0 spiro atoms. The zero-order valence-corrected chi connectivity index (χ0v) is 7.14. The molecular weight excluding hydrogens is 162 g/mol. The third-order valence-electron chi connectivity index (χ3n) is 1.89. The van der Waals surface area contributed by atoms with Crippen molar-refractivity contribution in [2.75, 3.05) is 0 Å². The smallest absolute Gasteiger partial charge is 0.0666 e. The van der Waals surface area contributed by atoms with Crippen molar-refractivity contribution in [3.8, 4) is 0 Å². The molecule has 2 N–H and O–H groups in total. The minimum absolute atomic E-state index is 0. The standard InChI is InChI=1S/C10H10N2.N/c11-9-4-5-10-8(7-9)3-1-2-6-12-10;/h1-6H,7,11H2;. The lowest BCUT2D eigenvalue weighted by molar-refractivity contribution is 1.05. The van der Waals surface area contributed by atoms with E-state index in [0.29, 0.717) is 0 Å². The second-order valence-electron chi connectivity index (χ2n) is 2.83. The van der Waals surface area contributed by atoms with Crippen LogP contribution in [-0.4, -0.2) is 6.21 Å². The van der Waals surface area contributed by atoms with Crippen molar-refractivity contribution in [3.05, 3.63) is 47.3 Å². The maximum atomic E-state index is 5.69. The van der Waals surface area contributed by atoms with E-state index < -0.39 is 0 Å². The molecule has 0 aromatic rings. The van der Waals surface area contributed by atoms with E-state index >= 15 is 0 Å².